The summed E-state index contributed by atoms with van der Waals surface area (Å²) in [4.78, 5) is 0. The Labute approximate surface area is 85.5 Å². The number of aliphatic hydroxyl groups is 1. The maximum absolute atomic E-state index is 9.39. The lowest BCUT2D eigenvalue weighted by Crippen LogP contribution is -2.42. The van der Waals surface area contributed by atoms with Gasteiger partial charge in [-0.25, -0.2) is 0 Å². The molecular formula is C10H21NOS. The van der Waals surface area contributed by atoms with Gasteiger partial charge in [0, 0.05) is 18.6 Å². The number of hydrogen-bond donors (Lipinski definition) is 2. The molecule has 1 saturated heterocycles. The van der Waals surface area contributed by atoms with Gasteiger partial charge in [-0.1, -0.05) is 0 Å². The Kier molecular flexibility index (Phi) is 5.14. The molecule has 0 saturated carbocycles. The smallest absolute Gasteiger partial charge is 0.0499 e. The van der Waals surface area contributed by atoms with Crippen LogP contribution in [0, 0.1) is 5.41 Å². The number of thioether (sulfide) groups is 1. The standard InChI is InChI=1S/C10H21NOS/c1-13-7-3-5-10(9-12)4-2-6-11-8-10/h11-12H,2-9H2,1H3. The van der Waals surface area contributed by atoms with Crippen LogP contribution < -0.4 is 5.32 Å². The van der Waals surface area contributed by atoms with E-state index in [2.05, 4.69) is 11.6 Å². The van der Waals surface area contributed by atoms with Crippen LogP contribution in [0.5, 0.6) is 0 Å². The van der Waals surface area contributed by atoms with Crippen molar-refractivity contribution in [1.29, 1.82) is 0 Å². The zero-order valence-electron chi connectivity index (χ0n) is 8.51. The van der Waals surface area contributed by atoms with Crippen LogP contribution in [0.3, 0.4) is 0 Å². The van der Waals surface area contributed by atoms with Gasteiger partial charge >= 0.3 is 0 Å². The Morgan fingerprint density at radius 3 is 2.92 bits per heavy atom. The number of rotatable bonds is 5. The molecule has 78 valence electrons. The fourth-order valence-electron chi connectivity index (χ4n) is 2.05. The second-order valence-corrected chi connectivity index (χ2v) is 5.02. The van der Waals surface area contributed by atoms with E-state index in [0.29, 0.717) is 6.61 Å². The molecule has 0 aromatic rings. The highest BCUT2D eigenvalue weighted by molar-refractivity contribution is 7.98. The second-order valence-electron chi connectivity index (χ2n) is 4.03. The molecule has 0 aromatic carbocycles. The van der Waals surface area contributed by atoms with Gasteiger partial charge in [-0.15, -0.1) is 0 Å². The SMILES string of the molecule is CSCCCC1(CO)CCCNC1. The van der Waals surface area contributed by atoms with Crippen molar-refractivity contribution in [1.82, 2.24) is 5.32 Å². The van der Waals surface area contributed by atoms with Gasteiger partial charge in [-0.05, 0) is 44.2 Å². The Balaban J connectivity index is 2.29. The van der Waals surface area contributed by atoms with Crippen LogP contribution in [0.4, 0.5) is 0 Å². The summed E-state index contributed by atoms with van der Waals surface area (Å²) in [5, 5.41) is 12.8. The predicted octanol–water partition coefficient (Wildman–Crippen LogP) is 1.49. The van der Waals surface area contributed by atoms with Gasteiger partial charge in [0.1, 0.15) is 0 Å². The quantitative estimate of drug-likeness (QED) is 0.664. The molecule has 0 bridgehead atoms. The van der Waals surface area contributed by atoms with Crippen LogP contribution in [0.15, 0.2) is 0 Å². The Bertz CT molecular complexity index is 135. The summed E-state index contributed by atoms with van der Waals surface area (Å²) < 4.78 is 0. The van der Waals surface area contributed by atoms with Crippen molar-refractivity contribution in [2.24, 2.45) is 5.41 Å². The number of piperidine rings is 1. The molecule has 2 N–H and O–H groups in total. The molecule has 0 radical (unpaired) electrons. The van der Waals surface area contributed by atoms with Crippen LogP contribution in [0.25, 0.3) is 0 Å². The van der Waals surface area contributed by atoms with E-state index in [1.54, 1.807) is 0 Å². The molecule has 1 atom stereocenters. The first kappa shape index (κ1) is 11.3. The van der Waals surface area contributed by atoms with E-state index in [1.807, 2.05) is 11.8 Å². The van der Waals surface area contributed by atoms with E-state index in [4.69, 9.17) is 0 Å². The highest BCUT2D eigenvalue weighted by Crippen LogP contribution is 2.31. The first-order valence-corrected chi connectivity index (χ1v) is 6.53. The molecule has 13 heavy (non-hydrogen) atoms. The molecule has 1 fully saturated rings. The molecule has 0 spiro atoms. The summed E-state index contributed by atoms with van der Waals surface area (Å²) in [6, 6.07) is 0. The van der Waals surface area contributed by atoms with Gasteiger partial charge in [0.05, 0.1) is 0 Å². The van der Waals surface area contributed by atoms with Crippen LogP contribution in [-0.2, 0) is 0 Å². The Morgan fingerprint density at radius 1 is 1.54 bits per heavy atom. The molecule has 1 rings (SSSR count). The minimum Gasteiger partial charge on any atom is -0.396 e. The highest BCUT2D eigenvalue weighted by Gasteiger charge is 2.30. The first-order chi connectivity index (χ1) is 6.33. The largest absolute Gasteiger partial charge is 0.396 e. The van der Waals surface area contributed by atoms with E-state index < -0.39 is 0 Å². The lowest BCUT2D eigenvalue weighted by molar-refractivity contribution is 0.0854. The fraction of sp³-hybridized carbons (Fsp3) is 1.00. The van der Waals surface area contributed by atoms with Gasteiger partial charge in [-0.2, -0.15) is 11.8 Å². The average Bonchev–Trinajstić information content (AvgIpc) is 2.20. The molecule has 1 aliphatic heterocycles. The van der Waals surface area contributed by atoms with Crippen molar-refractivity contribution in [3.63, 3.8) is 0 Å². The van der Waals surface area contributed by atoms with Crippen LogP contribution in [-0.4, -0.2) is 36.8 Å². The van der Waals surface area contributed by atoms with Gasteiger partial charge in [0.2, 0.25) is 0 Å². The third-order valence-electron chi connectivity index (χ3n) is 2.95. The van der Waals surface area contributed by atoms with Crippen molar-refractivity contribution >= 4 is 11.8 Å². The summed E-state index contributed by atoms with van der Waals surface area (Å²) in [6.45, 7) is 2.50. The monoisotopic (exact) mass is 203 g/mol. The van der Waals surface area contributed by atoms with Crippen LogP contribution >= 0.6 is 11.8 Å². The summed E-state index contributed by atoms with van der Waals surface area (Å²) in [6.07, 6.45) is 6.98. The molecule has 0 aromatic heterocycles. The van der Waals surface area contributed by atoms with Crippen molar-refractivity contribution < 1.29 is 5.11 Å². The number of hydrogen-bond acceptors (Lipinski definition) is 3. The lowest BCUT2D eigenvalue weighted by atomic mass is 9.78. The lowest BCUT2D eigenvalue weighted by Gasteiger charge is -2.36. The zero-order chi connectivity index (χ0) is 9.57. The maximum atomic E-state index is 9.39. The van der Waals surface area contributed by atoms with Crippen molar-refractivity contribution in [2.75, 3.05) is 31.7 Å². The van der Waals surface area contributed by atoms with Crippen molar-refractivity contribution in [3.8, 4) is 0 Å². The average molecular weight is 203 g/mol. The Hall–Kier alpha value is 0.270. The number of aliphatic hydroxyl groups excluding tert-OH is 1. The first-order valence-electron chi connectivity index (χ1n) is 5.13. The topological polar surface area (TPSA) is 32.3 Å². The molecule has 3 heteroatoms. The maximum Gasteiger partial charge on any atom is 0.0499 e. The minimum atomic E-state index is 0.202. The normalized spacial score (nSPS) is 29.1. The number of nitrogens with one attached hydrogen (secondary N) is 1. The molecule has 1 unspecified atom stereocenters. The van der Waals surface area contributed by atoms with Gasteiger partial charge in [0.15, 0.2) is 0 Å². The fourth-order valence-corrected chi connectivity index (χ4v) is 2.48. The van der Waals surface area contributed by atoms with E-state index in [0.717, 1.165) is 13.1 Å². The van der Waals surface area contributed by atoms with Crippen molar-refractivity contribution in [3.05, 3.63) is 0 Å². The van der Waals surface area contributed by atoms with Crippen LogP contribution in [0.2, 0.25) is 0 Å². The highest BCUT2D eigenvalue weighted by atomic mass is 32.2. The second kappa shape index (κ2) is 5.89. The van der Waals surface area contributed by atoms with E-state index >= 15 is 0 Å². The molecule has 1 heterocycles. The van der Waals surface area contributed by atoms with E-state index in [-0.39, 0.29) is 5.41 Å². The summed E-state index contributed by atoms with van der Waals surface area (Å²) in [7, 11) is 0. The summed E-state index contributed by atoms with van der Waals surface area (Å²) >= 11 is 1.90. The molecule has 1 aliphatic rings. The van der Waals surface area contributed by atoms with Crippen LogP contribution in [0.1, 0.15) is 25.7 Å². The zero-order valence-corrected chi connectivity index (χ0v) is 9.33. The van der Waals surface area contributed by atoms with E-state index in [1.165, 1.54) is 31.4 Å². The predicted molar refractivity (Wildman–Crippen MR) is 59.2 cm³/mol. The summed E-state index contributed by atoms with van der Waals surface area (Å²) in [5.74, 6) is 1.22. The van der Waals surface area contributed by atoms with E-state index in [9.17, 15) is 5.11 Å². The molecule has 2 nitrogen and oxygen atoms in total. The summed E-state index contributed by atoms with van der Waals surface area (Å²) in [5.41, 5.74) is 0.202. The van der Waals surface area contributed by atoms with Crippen molar-refractivity contribution in [2.45, 2.75) is 25.7 Å². The van der Waals surface area contributed by atoms with Gasteiger partial charge in [-0.3, -0.25) is 0 Å². The van der Waals surface area contributed by atoms with Gasteiger partial charge in [0.25, 0.3) is 0 Å². The molecule has 0 aliphatic carbocycles. The third kappa shape index (κ3) is 3.49. The minimum absolute atomic E-state index is 0.202. The third-order valence-corrected chi connectivity index (χ3v) is 3.65. The molecular weight excluding hydrogens is 182 g/mol. The Morgan fingerprint density at radius 2 is 2.38 bits per heavy atom. The van der Waals surface area contributed by atoms with Gasteiger partial charge < -0.3 is 10.4 Å². The molecule has 0 amide bonds.